The van der Waals surface area contributed by atoms with E-state index in [0.717, 1.165) is 5.56 Å². The molecule has 0 bridgehead atoms. The monoisotopic (exact) mass is 530 g/mol. The summed E-state index contributed by atoms with van der Waals surface area (Å²) in [6, 6.07) is 9.52. The third-order valence-electron chi connectivity index (χ3n) is 5.83. The van der Waals surface area contributed by atoms with E-state index in [2.05, 4.69) is 20.1 Å². The zero-order valence-electron chi connectivity index (χ0n) is 21.3. The topological polar surface area (TPSA) is 159 Å². The molecule has 2 aliphatic heterocycles. The zero-order chi connectivity index (χ0) is 27.7. The second-order valence-corrected chi connectivity index (χ2v) is 8.12. The van der Waals surface area contributed by atoms with Crippen LogP contribution in [0.4, 0.5) is 9.59 Å². The number of para-hydroxylation sites is 2. The molecule has 3 N–H and O–H groups in total. The van der Waals surface area contributed by atoms with Crippen LogP contribution in [0.3, 0.4) is 0 Å². The summed E-state index contributed by atoms with van der Waals surface area (Å²) in [6.45, 7) is 2.81. The van der Waals surface area contributed by atoms with Gasteiger partial charge in [-0.05, 0) is 19.1 Å². The van der Waals surface area contributed by atoms with Gasteiger partial charge in [-0.15, -0.1) is 0 Å². The number of benzene rings is 2. The lowest BCUT2D eigenvalue weighted by atomic mass is 9.97. The van der Waals surface area contributed by atoms with Crippen molar-refractivity contribution in [2.75, 3.05) is 34.0 Å². The Morgan fingerprint density at radius 2 is 1.32 bits per heavy atom. The third kappa shape index (κ3) is 6.64. The largest absolute Gasteiger partial charge is 0.492 e. The first kappa shape index (κ1) is 28.1. The number of ether oxygens (including phenoxy) is 5. The Morgan fingerprint density at radius 3 is 1.76 bits per heavy atom. The predicted octanol–water partition coefficient (Wildman–Crippen LogP) is 3.61. The van der Waals surface area contributed by atoms with Gasteiger partial charge in [-0.25, -0.2) is 19.2 Å². The number of carboxylic acid groups (broad SMARTS) is 1. The molecule has 0 aliphatic carbocycles. The van der Waals surface area contributed by atoms with E-state index in [0.29, 0.717) is 55.3 Å². The maximum absolute atomic E-state index is 11.9. The van der Waals surface area contributed by atoms with Crippen molar-refractivity contribution in [2.45, 2.75) is 31.8 Å². The summed E-state index contributed by atoms with van der Waals surface area (Å²) in [5.41, 5.74) is 1.89. The summed E-state index contributed by atoms with van der Waals surface area (Å²) in [5.74, 6) is -0.690. The van der Waals surface area contributed by atoms with Crippen molar-refractivity contribution >= 4 is 24.1 Å². The van der Waals surface area contributed by atoms with Gasteiger partial charge in [0.2, 0.25) is 0 Å². The van der Waals surface area contributed by atoms with Crippen LogP contribution in [0.5, 0.6) is 11.5 Å². The second kappa shape index (κ2) is 13.2. The molecule has 0 fully saturated rings. The van der Waals surface area contributed by atoms with Crippen LogP contribution in [0.1, 0.15) is 63.7 Å². The average molecular weight is 531 g/mol. The molecule has 2 heterocycles. The molecule has 2 aromatic rings. The highest BCUT2D eigenvalue weighted by molar-refractivity contribution is 5.93. The van der Waals surface area contributed by atoms with Gasteiger partial charge >= 0.3 is 24.1 Å². The number of rotatable bonds is 5. The van der Waals surface area contributed by atoms with Crippen molar-refractivity contribution in [3.8, 4) is 11.5 Å². The van der Waals surface area contributed by atoms with Crippen molar-refractivity contribution in [2.24, 2.45) is 0 Å². The molecule has 204 valence electrons. The normalized spacial score (nSPS) is 16.9. The van der Waals surface area contributed by atoms with E-state index in [1.807, 2.05) is 6.07 Å². The fourth-order valence-corrected chi connectivity index (χ4v) is 4.09. The predicted molar refractivity (Wildman–Crippen MR) is 133 cm³/mol. The third-order valence-corrected chi connectivity index (χ3v) is 5.83. The van der Waals surface area contributed by atoms with Crippen LogP contribution in [0.25, 0.3) is 0 Å². The summed E-state index contributed by atoms with van der Waals surface area (Å²) < 4.78 is 25.1. The number of carboxylic acids is 1. The lowest BCUT2D eigenvalue weighted by Gasteiger charge is -2.27. The van der Waals surface area contributed by atoms with Gasteiger partial charge in [-0.1, -0.05) is 24.3 Å². The van der Waals surface area contributed by atoms with E-state index in [1.165, 1.54) is 20.3 Å². The first-order valence-corrected chi connectivity index (χ1v) is 11.9. The van der Waals surface area contributed by atoms with Gasteiger partial charge in [0.1, 0.15) is 22.6 Å². The summed E-state index contributed by atoms with van der Waals surface area (Å²) in [4.78, 5) is 45.5. The van der Waals surface area contributed by atoms with Crippen LogP contribution in [0.15, 0.2) is 36.4 Å². The van der Waals surface area contributed by atoms with Crippen molar-refractivity contribution in [1.29, 1.82) is 0 Å². The van der Waals surface area contributed by atoms with Crippen LogP contribution < -0.4 is 20.1 Å². The summed E-state index contributed by atoms with van der Waals surface area (Å²) >= 11 is 0. The summed E-state index contributed by atoms with van der Waals surface area (Å²) in [5, 5.41) is 14.4. The zero-order valence-corrected chi connectivity index (χ0v) is 21.3. The van der Waals surface area contributed by atoms with Crippen LogP contribution in [0.2, 0.25) is 0 Å². The minimum Gasteiger partial charge on any atom is -0.492 e. The van der Waals surface area contributed by atoms with E-state index >= 15 is 0 Å². The highest BCUT2D eigenvalue weighted by atomic mass is 16.5. The number of alkyl carbamates (subject to hydrolysis) is 2. The molecule has 0 saturated heterocycles. The van der Waals surface area contributed by atoms with Crippen LogP contribution in [-0.4, -0.2) is 63.3 Å². The molecule has 2 atom stereocenters. The number of esters is 1. The van der Waals surface area contributed by atoms with Crippen molar-refractivity contribution in [3.05, 3.63) is 58.7 Å². The number of carbonyl (C=O) groups excluding carboxylic acids is 3. The minimum absolute atomic E-state index is 0.101. The molecule has 4 rings (SSSR count). The van der Waals surface area contributed by atoms with Gasteiger partial charge in [-0.3, -0.25) is 0 Å². The molecular weight excluding hydrogens is 500 g/mol. The van der Waals surface area contributed by atoms with Crippen molar-refractivity contribution < 1.29 is 48.0 Å². The minimum atomic E-state index is -1.05. The number of fused-ring (bicyclic) bond motifs is 2. The Kier molecular flexibility index (Phi) is 9.74. The van der Waals surface area contributed by atoms with E-state index in [4.69, 9.17) is 19.3 Å². The van der Waals surface area contributed by atoms with E-state index in [-0.39, 0.29) is 17.6 Å². The Bertz CT molecular complexity index is 1180. The summed E-state index contributed by atoms with van der Waals surface area (Å²) in [7, 11) is 2.59. The number of amides is 2. The lowest BCUT2D eigenvalue weighted by molar-refractivity contribution is 0.0519. The van der Waals surface area contributed by atoms with Gasteiger partial charge < -0.3 is 39.4 Å². The molecular formula is C26H30N2O10. The number of nitrogens with one attached hydrogen (secondary N) is 2. The number of carbonyl (C=O) groups is 4. The number of methoxy groups -OCH3 is 2. The molecule has 0 saturated carbocycles. The molecule has 2 amide bonds. The highest BCUT2D eigenvalue weighted by Crippen LogP contribution is 2.36. The van der Waals surface area contributed by atoms with E-state index < -0.39 is 24.1 Å². The molecule has 38 heavy (non-hydrogen) atoms. The van der Waals surface area contributed by atoms with Crippen LogP contribution >= 0.6 is 0 Å². The second-order valence-electron chi connectivity index (χ2n) is 8.12. The van der Waals surface area contributed by atoms with Crippen LogP contribution in [-0.2, 0) is 14.2 Å². The Balaban J connectivity index is 0.000000212. The lowest BCUT2D eigenvalue weighted by Crippen LogP contribution is -2.32. The molecule has 0 aromatic heterocycles. The molecule has 0 spiro atoms. The van der Waals surface area contributed by atoms with E-state index in [9.17, 15) is 19.2 Å². The average Bonchev–Trinajstić information content (AvgIpc) is 2.93. The molecule has 12 heteroatoms. The standard InChI is InChI=1S/C14H17NO5.C12H13NO5/c1-3-19-13(16)10-6-4-5-9-11(15-14(17)18-2)7-8-20-12(9)10;1-17-12(16)13-9-5-6-18-10-7(9)3-2-4-8(10)11(14)15/h4-6,11H,3,7-8H2,1-2H3,(H,15,17);2-4,9H,5-6H2,1H3,(H,13,16)(H,14,15)/t11-;9-/m00/s1. The first-order chi connectivity index (χ1) is 18.3. The Hall–Kier alpha value is -4.48. The Morgan fingerprint density at radius 1 is 0.842 bits per heavy atom. The summed E-state index contributed by atoms with van der Waals surface area (Å²) in [6.07, 6.45) is 0.137. The fourth-order valence-electron chi connectivity index (χ4n) is 4.09. The van der Waals surface area contributed by atoms with Crippen molar-refractivity contribution in [3.63, 3.8) is 0 Å². The van der Waals surface area contributed by atoms with Crippen molar-refractivity contribution in [1.82, 2.24) is 10.6 Å². The Labute approximate surface area is 219 Å². The van der Waals surface area contributed by atoms with E-state index in [1.54, 1.807) is 31.2 Å². The number of aromatic carboxylic acids is 1. The van der Waals surface area contributed by atoms with Gasteiger partial charge in [0.15, 0.2) is 0 Å². The van der Waals surface area contributed by atoms with Crippen LogP contribution in [0, 0.1) is 0 Å². The quantitative estimate of drug-likeness (QED) is 0.385. The smallest absolute Gasteiger partial charge is 0.407 e. The molecule has 2 aliphatic rings. The maximum Gasteiger partial charge on any atom is 0.407 e. The van der Waals surface area contributed by atoms with Gasteiger partial charge in [-0.2, -0.15) is 0 Å². The van der Waals surface area contributed by atoms with Gasteiger partial charge in [0.05, 0.1) is 46.1 Å². The fraction of sp³-hybridized carbons (Fsp3) is 0.385. The van der Waals surface area contributed by atoms with Gasteiger partial charge in [0.25, 0.3) is 0 Å². The molecule has 2 aromatic carbocycles. The van der Waals surface area contributed by atoms with Gasteiger partial charge in [0, 0.05) is 24.0 Å². The molecule has 0 unspecified atom stereocenters. The first-order valence-electron chi connectivity index (χ1n) is 11.9. The number of hydrogen-bond donors (Lipinski definition) is 3. The number of hydrogen-bond acceptors (Lipinski definition) is 9. The maximum atomic E-state index is 11.9. The molecule has 0 radical (unpaired) electrons. The SMILES string of the molecule is CCOC(=O)c1cccc2c1OCC[C@@H]2NC(=O)OC.COC(=O)N[C@H]1CCOc2c(C(=O)O)cccc21. The molecule has 12 nitrogen and oxygen atoms in total. The highest BCUT2D eigenvalue weighted by Gasteiger charge is 2.28.